The Kier molecular flexibility index (Phi) is 4.09. The fourth-order valence-electron chi connectivity index (χ4n) is 2.86. The predicted octanol–water partition coefficient (Wildman–Crippen LogP) is 3.48. The Morgan fingerprint density at radius 2 is 2.00 bits per heavy atom. The number of hydrogen-bond donors (Lipinski definition) is 1. The van der Waals surface area contributed by atoms with Crippen LogP contribution in [-0.2, 0) is 21.4 Å². The molecule has 1 aromatic rings. The van der Waals surface area contributed by atoms with Gasteiger partial charge in [0, 0.05) is 17.3 Å². The van der Waals surface area contributed by atoms with Gasteiger partial charge in [0.1, 0.15) is 5.78 Å². The average molecular weight is 325 g/mol. The molecule has 0 heterocycles. The van der Waals surface area contributed by atoms with E-state index in [2.05, 4.69) is 15.9 Å². The first kappa shape index (κ1) is 14.3. The van der Waals surface area contributed by atoms with Crippen molar-refractivity contribution in [1.82, 2.24) is 0 Å². The standard InChI is InChI=1S/C15H17BrO3/c1-2-10-3-4-11(16)9-13(10)15(14(18)19)7-5-12(17)6-8-15/h3-4,9H,2,5-8H2,1H3,(H,18,19). The molecule has 3 nitrogen and oxygen atoms in total. The van der Waals surface area contributed by atoms with Gasteiger partial charge in [-0.15, -0.1) is 0 Å². The lowest BCUT2D eigenvalue weighted by Crippen LogP contribution is -2.40. The van der Waals surface area contributed by atoms with E-state index in [4.69, 9.17) is 0 Å². The van der Waals surface area contributed by atoms with Crippen LogP contribution in [0.25, 0.3) is 0 Å². The lowest BCUT2D eigenvalue weighted by molar-refractivity contribution is -0.146. The summed E-state index contributed by atoms with van der Waals surface area (Å²) in [6.45, 7) is 2.02. The van der Waals surface area contributed by atoms with Crippen LogP contribution in [0.3, 0.4) is 0 Å². The van der Waals surface area contributed by atoms with Gasteiger partial charge in [-0.1, -0.05) is 28.9 Å². The third-order valence-electron chi connectivity index (χ3n) is 4.04. The number of benzene rings is 1. The van der Waals surface area contributed by atoms with E-state index in [1.165, 1.54) is 0 Å². The first-order valence-electron chi connectivity index (χ1n) is 6.53. The number of carbonyl (C=O) groups excluding carboxylic acids is 1. The zero-order valence-electron chi connectivity index (χ0n) is 10.9. The molecule has 4 heteroatoms. The van der Waals surface area contributed by atoms with E-state index in [1.54, 1.807) is 0 Å². The quantitative estimate of drug-likeness (QED) is 0.926. The molecule has 1 aliphatic rings. The summed E-state index contributed by atoms with van der Waals surface area (Å²) < 4.78 is 0.886. The van der Waals surface area contributed by atoms with Crippen molar-refractivity contribution in [2.24, 2.45) is 0 Å². The van der Waals surface area contributed by atoms with Crippen LogP contribution in [0.4, 0.5) is 0 Å². The van der Waals surface area contributed by atoms with E-state index in [1.807, 2.05) is 25.1 Å². The number of ketones is 1. The summed E-state index contributed by atoms with van der Waals surface area (Å²) in [7, 11) is 0. The van der Waals surface area contributed by atoms with Crippen molar-refractivity contribution in [2.45, 2.75) is 44.4 Å². The summed E-state index contributed by atoms with van der Waals surface area (Å²) in [4.78, 5) is 23.3. The molecule has 0 amide bonds. The molecule has 1 fully saturated rings. The molecule has 0 spiro atoms. The van der Waals surface area contributed by atoms with Crippen LogP contribution in [-0.4, -0.2) is 16.9 Å². The normalized spacial score (nSPS) is 18.3. The summed E-state index contributed by atoms with van der Waals surface area (Å²) in [5, 5.41) is 9.71. The van der Waals surface area contributed by atoms with Gasteiger partial charge >= 0.3 is 5.97 Å². The van der Waals surface area contributed by atoms with Crippen LogP contribution in [0.5, 0.6) is 0 Å². The molecule has 0 aromatic heterocycles. The highest BCUT2D eigenvalue weighted by Gasteiger charge is 2.44. The monoisotopic (exact) mass is 324 g/mol. The van der Waals surface area contributed by atoms with Crippen LogP contribution in [0.1, 0.15) is 43.7 Å². The fraction of sp³-hybridized carbons (Fsp3) is 0.467. The summed E-state index contributed by atoms with van der Waals surface area (Å²) >= 11 is 3.42. The van der Waals surface area contributed by atoms with E-state index < -0.39 is 11.4 Å². The zero-order chi connectivity index (χ0) is 14.0. The summed E-state index contributed by atoms with van der Waals surface area (Å²) in [5.41, 5.74) is 1.02. The molecule has 0 bridgehead atoms. The van der Waals surface area contributed by atoms with Crippen molar-refractivity contribution in [3.05, 3.63) is 33.8 Å². The van der Waals surface area contributed by atoms with Crippen molar-refractivity contribution in [2.75, 3.05) is 0 Å². The molecular formula is C15H17BrO3. The molecule has 19 heavy (non-hydrogen) atoms. The van der Waals surface area contributed by atoms with Gasteiger partial charge in [0.15, 0.2) is 0 Å². The number of aliphatic carboxylic acids is 1. The second-order valence-electron chi connectivity index (χ2n) is 5.08. The fourth-order valence-corrected chi connectivity index (χ4v) is 3.22. The Balaban J connectivity index is 2.53. The SMILES string of the molecule is CCc1ccc(Br)cc1C1(C(=O)O)CCC(=O)CC1. The van der Waals surface area contributed by atoms with Crippen LogP contribution < -0.4 is 0 Å². The van der Waals surface area contributed by atoms with Gasteiger partial charge in [-0.3, -0.25) is 9.59 Å². The molecule has 0 unspecified atom stereocenters. The number of aryl methyl sites for hydroxylation is 1. The molecule has 102 valence electrons. The number of carbonyl (C=O) groups is 2. The highest BCUT2D eigenvalue weighted by atomic mass is 79.9. The third-order valence-corrected chi connectivity index (χ3v) is 4.53. The predicted molar refractivity (Wildman–Crippen MR) is 76.3 cm³/mol. The number of Topliss-reactive ketones (excluding diaryl/α,β-unsaturated/α-hetero) is 1. The van der Waals surface area contributed by atoms with Gasteiger partial charge in [-0.25, -0.2) is 0 Å². The summed E-state index contributed by atoms with van der Waals surface area (Å²) in [5.74, 6) is -0.641. The van der Waals surface area contributed by atoms with Crippen LogP contribution in [0.2, 0.25) is 0 Å². The number of halogens is 1. The Morgan fingerprint density at radius 1 is 1.37 bits per heavy atom. The lowest BCUT2D eigenvalue weighted by atomic mass is 9.67. The maximum absolute atomic E-state index is 11.8. The number of hydrogen-bond acceptors (Lipinski definition) is 2. The van der Waals surface area contributed by atoms with Crippen LogP contribution in [0.15, 0.2) is 22.7 Å². The van der Waals surface area contributed by atoms with E-state index in [9.17, 15) is 14.7 Å². The largest absolute Gasteiger partial charge is 0.481 e. The highest BCUT2D eigenvalue weighted by molar-refractivity contribution is 9.10. The minimum Gasteiger partial charge on any atom is -0.481 e. The van der Waals surface area contributed by atoms with Gasteiger partial charge < -0.3 is 5.11 Å². The Bertz CT molecular complexity index is 512. The van der Waals surface area contributed by atoms with Crippen molar-refractivity contribution in [3.63, 3.8) is 0 Å². The molecular weight excluding hydrogens is 308 g/mol. The van der Waals surface area contributed by atoms with Crippen LogP contribution in [0, 0.1) is 0 Å². The number of rotatable bonds is 3. The van der Waals surface area contributed by atoms with Gasteiger partial charge in [0.2, 0.25) is 0 Å². The van der Waals surface area contributed by atoms with Crippen molar-refractivity contribution in [1.29, 1.82) is 0 Å². The summed E-state index contributed by atoms with van der Waals surface area (Å²) in [6.07, 6.45) is 2.34. The molecule has 2 rings (SSSR count). The molecule has 1 saturated carbocycles. The second-order valence-corrected chi connectivity index (χ2v) is 6.00. The van der Waals surface area contributed by atoms with Crippen molar-refractivity contribution < 1.29 is 14.7 Å². The molecule has 0 radical (unpaired) electrons. The van der Waals surface area contributed by atoms with Gasteiger partial charge in [-0.05, 0) is 42.5 Å². The lowest BCUT2D eigenvalue weighted by Gasteiger charge is -2.34. The zero-order valence-corrected chi connectivity index (χ0v) is 12.5. The maximum Gasteiger partial charge on any atom is 0.314 e. The van der Waals surface area contributed by atoms with Gasteiger partial charge in [0.05, 0.1) is 5.41 Å². The second kappa shape index (κ2) is 5.45. The van der Waals surface area contributed by atoms with Crippen molar-refractivity contribution >= 4 is 27.7 Å². The molecule has 0 atom stereocenters. The Labute approximate surface area is 121 Å². The number of carboxylic acids is 1. The first-order valence-corrected chi connectivity index (χ1v) is 7.33. The van der Waals surface area contributed by atoms with E-state index in [0.717, 1.165) is 22.0 Å². The highest BCUT2D eigenvalue weighted by Crippen LogP contribution is 2.41. The molecule has 1 aromatic carbocycles. The molecule has 0 saturated heterocycles. The Morgan fingerprint density at radius 3 is 2.53 bits per heavy atom. The minimum atomic E-state index is -0.900. The van der Waals surface area contributed by atoms with Gasteiger partial charge in [-0.2, -0.15) is 0 Å². The van der Waals surface area contributed by atoms with E-state index in [-0.39, 0.29) is 5.78 Å². The minimum absolute atomic E-state index is 0.171. The maximum atomic E-state index is 11.8. The smallest absolute Gasteiger partial charge is 0.314 e. The van der Waals surface area contributed by atoms with Crippen LogP contribution >= 0.6 is 15.9 Å². The number of carboxylic acid groups (broad SMARTS) is 1. The average Bonchev–Trinajstić information content (AvgIpc) is 2.39. The Hall–Kier alpha value is -1.16. The molecule has 1 N–H and O–H groups in total. The van der Waals surface area contributed by atoms with E-state index >= 15 is 0 Å². The topological polar surface area (TPSA) is 54.4 Å². The summed E-state index contributed by atoms with van der Waals surface area (Å²) in [6, 6.07) is 5.81. The molecule has 1 aliphatic carbocycles. The van der Waals surface area contributed by atoms with E-state index in [0.29, 0.717) is 25.7 Å². The molecule has 0 aliphatic heterocycles. The van der Waals surface area contributed by atoms with Gasteiger partial charge in [0.25, 0.3) is 0 Å². The third kappa shape index (κ3) is 2.59. The first-order chi connectivity index (χ1) is 8.99. The van der Waals surface area contributed by atoms with Crippen molar-refractivity contribution in [3.8, 4) is 0 Å².